The van der Waals surface area contributed by atoms with Crippen molar-refractivity contribution in [3.8, 4) is 34.7 Å². The van der Waals surface area contributed by atoms with Gasteiger partial charge in [-0.2, -0.15) is 0 Å². The Bertz CT molecular complexity index is 4630. The first-order chi connectivity index (χ1) is 52.5. The molecule has 3 aliphatic heterocycles. The van der Waals surface area contributed by atoms with E-state index in [0.717, 1.165) is 107 Å². The summed E-state index contributed by atoms with van der Waals surface area (Å²) in [6.45, 7) is 16.1. The van der Waals surface area contributed by atoms with Crippen LogP contribution < -0.4 is 58.0 Å². The number of hydrogen-bond donors (Lipinski definition) is 8. The molecule has 13 N–H and O–H groups in total. The topological polar surface area (TPSA) is 360 Å². The minimum atomic E-state index is -0.574. The molecule has 576 valence electrons. The van der Waals surface area contributed by atoms with Crippen molar-refractivity contribution in [1.82, 2.24) is 50.2 Å². The van der Waals surface area contributed by atoms with Gasteiger partial charge in [-0.25, -0.2) is 18.8 Å². The van der Waals surface area contributed by atoms with Crippen LogP contribution in [0.5, 0.6) is 17.6 Å². The summed E-state index contributed by atoms with van der Waals surface area (Å²) in [5.41, 5.74) is 27.4. The Morgan fingerprint density at radius 3 is 0.955 bits per heavy atom. The molecule has 0 atom stereocenters. The number of ether oxygens (including phenoxy) is 4. The van der Waals surface area contributed by atoms with E-state index in [-0.39, 0.29) is 137 Å². The lowest BCUT2D eigenvalue weighted by atomic mass is 10.0. The molecule has 15 rings (SSSR count). The summed E-state index contributed by atoms with van der Waals surface area (Å²) < 4.78 is 28.9. The number of anilines is 3. The molecule has 4 amide bonds. The van der Waals surface area contributed by atoms with Gasteiger partial charge < -0.3 is 67.6 Å². The van der Waals surface area contributed by atoms with Gasteiger partial charge in [0.05, 0.1) is 43.2 Å². The molecule has 3 saturated carbocycles. The number of amides is 4. The highest BCUT2D eigenvalue weighted by Crippen LogP contribution is 2.37. The zero-order chi connectivity index (χ0) is 76.6. The molecule has 9 aromatic rings. The summed E-state index contributed by atoms with van der Waals surface area (Å²) in [6.07, 6.45) is 9.94. The van der Waals surface area contributed by atoms with Crippen molar-refractivity contribution in [2.24, 2.45) is 0 Å². The third kappa shape index (κ3) is 18.9. The van der Waals surface area contributed by atoms with Crippen molar-refractivity contribution in [2.75, 3.05) is 56.5 Å². The molecule has 6 aromatic carbocycles. The van der Waals surface area contributed by atoms with Gasteiger partial charge in [0, 0.05) is 103 Å². The third-order valence-electron chi connectivity index (χ3n) is 20.0. The Kier molecular flexibility index (Phi) is 24.3. The number of ketones is 3. The van der Waals surface area contributed by atoms with Crippen LogP contribution in [0.1, 0.15) is 201 Å². The number of nitrogen functional groups attached to an aromatic ring is 3. The molecule has 0 bridgehead atoms. The Hall–Kier alpha value is -11.6. The predicted octanol–water partition coefficient (Wildman–Crippen LogP) is 9.28. The van der Waals surface area contributed by atoms with Crippen LogP contribution in [-0.2, 0) is 4.74 Å². The molecular weight excluding hydrogens is 1400 g/mol. The van der Waals surface area contributed by atoms with Crippen LogP contribution in [0, 0.1) is 20.8 Å². The maximum atomic E-state index is 13.7. The van der Waals surface area contributed by atoms with Crippen molar-refractivity contribution in [3.63, 3.8) is 0 Å². The molecule has 6 fully saturated rings. The van der Waals surface area contributed by atoms with Gasteiger partial charge in [0.15, 0.2) is 0 Å². The fraction of sp³-hybridized carbons (Fsp3) is 0.381. The molecule has 26 nitrogen and oxygen atoms in total. The second kappa shape index (κ2) is 34.3. The zero-order valence-corrected chi connectivity index (χ0v) is 62.6. The van der Waals surface area contributed by atoms with Crippen LogP contribution in [0.3, 0.4) is 0 Å². The summed E-state index contributed by atoms with van der Waals surface area (Å²) in [5, 5.41) is 27.5. The van der Waals surface area contributed by atoms with Crippen molar-refractivity contribution in [2.45, 2.75) is 168 Å². The second-order valence-electron chi connectivity index (χ2n) is 29.9. The quantitative estimate of drug-likeness (QED) is 0.0310. The number of rotatable bonds is 21. The van der Waals surface area contributed by atoms with Crippen LogP contribution in [0.25, 0.3) is 17.1 Å². The van der Waals surface area contributed by atoms with Crippen molar-refractivity contribution < 1.29 is 63.1 Å². The number of aryl methyl sites for hydroxylation is 3. The van der Waals surface area contributed by atoms with Crippen LogP contribution >= 0.6 is 0 Å². The Morgan fingerprint density at radius 2 is 0.682 bits per heavy atom. The maximum absolute atomic E-state index is 13.7. The number of piperidine rings is 3. The SMILES string of the molecule is C.Cc1ccc(C(=O)NC2CC2)cc1-n1nc(OC2CCN(C(=O)OC(C)(C)C)CC2)c(C(=O)c2ccccc2)c1N.Cc1ccc(C(=O)NC2CC2)cc1-n1nc(OC2CC[NH2+]CC2)c(C(=O)c2ccccc2)c1N.Cc1ccc(C(=O)NC2CC2)cc1-n1nc(OC2CC[NH2+]CC2)c(C(=O)c2ccccc2)c1N. The highest BCUT2D eigenvalue weighted by molar-refractivity contribution is 6.15. The van der Waals surface area contributed by atoms with Crippen molar-refractivity contribution in [1.29, 1.82) is 0 Å². The van der Waals surface area contributed by atoms with Crippen LogP contribution in [0.15, 0.2) is 146 Å². The highest BCUT2D eigenvalue weighted by atomic mass is 16.6. The molecule has 0 spiro atoms. The fourth-order valence-electron chi connectivity index (χ4n) is 13.3. The summed E-state index contributed by atoms with van der Waals surface area (Å²) in [6, 6.07) is 43.8. The van der Waals surface area contributed by atoms with Gasteiger partial charge in [-0.15, -0.1) is 15.3 Å². The number of quaternary nitrogens is 2. The maximum Gasteiger partial charge on any atom is 0.410 e. The summed E-state index contributed by atoms with van der Waals surface area (Å²) in [4.78, 5) is 92.9. The van der Waals surface area contributed by atoms with Gasteiger partial charge in [-0.1, -0.05) is 117 Å². The standard InChI is InChI=1S/C31H37N5O5.2C26H29N5O3.CH4/c1-19-10-11-21(28(38)33-22-12-13-22)18-24(19)36-27(32)25(26(37)20-8-6-5-7-9-20)29(34-36)40-23-14-16-35(17-15-23)30(39)41-31(2,3)4;2*1-16-7-8-18(25(33)29-19-9-10-19)15-21(16)31-24(27)22(23(32)17-5-3-2-4-6-17)26(30-31)34-20-11-13-28-14-12-20;/h5-11,18,22-23H,12-17,32H2,1-4H3,(H,33,38);2*2-8,15,19-20,28H,9-14,27H2,1H3,(H,29,33);1H4/p+2. The molecule has 6 aliphatic rings. The van der Waals surface area contributed by atoms with E-state index in [1.807, 2.05) is 102 Å². The monoisotopic (exact) mass is 1500 g/mol. The van der Waals surface area contributed by atoms with Gasteiger partial charge in [-0.05, 0) is 133 Å². The first-order valence-corrected chi connectivity index (χ1v) is 37.8. The molecule has 0 radical (unpaired) electrons. The largest absolute Gasteiger partial charge is 0.473 e. The van der Waals surface area contributed by atoms with Crippen LogP contribution in [0.2, 0.25) is 0 Å². The molecule has 3 aliphatic carbocycles. The van der Waals surface area contributed by atoms with E-state index in [9.17, 15) is 33.6 Å². The molecule has 3 aromatic heterocycles. The predicted molar refractivity (Wildman–Crippen MR) is 418 cm³/mol. The first-order valence-electron chi connectivity index (χ1n) is 37.8. The van der Waals surface area contributed by atoms with E-state index >= 15 is 0 Å². The molecule has 6 heterocycles. The number of hydrogen-bond acceptors (Lipinski definition) is 17. The number of likely N-dealkylation sites (tertiary alicyclic amines) is 1. The lowest BCUT2D eigenvalue weighted by Gasteiger charge is -2.33. The number of nitrogens with one attached hydrogen (secondary N) is 3. The van der Waals surface area contributed by atoms with E-state index in [4.69, 9.17) is 36.1 Å². The summed E-state index contributed by atoms with van der Waals surface area (Å²) >= 11 is 0. The third-order valence-corrected chi connectivity index (χ3v) is 20.0. The van der Waals surface area contributed by atoms with E-state index < -0.39 is 5.60 Å². The van der Waals surface area contributed by atoms with E-state index in [0.29, 0.717) is 76.4 Å². The number of nitrogens with two attached hydrogens (primary N) is 5. The number of benzene rings is 6. The van der Waals surface area contributed by atoms with Crippen molar-refractivity contribution in [3.05, 3.63) is 212 Å². The molecule has 110 heavy (non-hydrogen) atoms. The Balaban J connectivity index is 0.000000154. The lowest BCUT2D eigenvalue weighted by molar-refractivity contribution is -0.664. The summed E-state index contributed by atoms with van der Waals surface area (Å²) in [5.74, 6) is -0.0376. The lowest BCUT2D eigenvalue weighted by Crippen LogP contribution is -2.87. The number of carbonyl (C=O) groups excluding carboxylic acids is 7. The summed E-state index contributed by atoms with van der Waals surface area (Å²) in [7, 11) is 0. The van der Waals surface area contributed by atoms with Crippen molar-refractivity contribution >= 4 is 58.6 Å². The molecule has 3 saturated heterocycles. The van der Waals surface area contributed by atoms with E-state index in [1.54, 1.807) is 89.8 Å². The average Bonchev–Trinajstić information content (AvgIpc) is 1.63. The minimum Gasteiger partial charge on any atom is -0.473 e. The van der Waals surface area contributed by atoms with Gasteiger partial charge >= 0.3 is 6.09 Å². The molecule has 26 heteroatoms. The Labute approximate surface area is 640 Å². The number of carbonyl (C=O) groups is 7. The normalized spacial score (nSPS) is 16.0. The van der Waals surface area contributed by atoms with E-state index in [2.05, 4.69) is 41.9 Å². The van der Waals surface area contributed by atoms with E-state index in [1.165, 1.54) is 14.0 Å². The number of nitrogens with zero attached hydrogens (tertiary/aromatic N) is 7. The smallest absolute Gasteiger partial charge is 0.410 e. The first kappa shape index (κ1) is 78.0. The minimum absolute atomic E-state index is 0. The van der Waals surface area contributed by atoms with Gasteiger partial charge in [-0.3, -0.25) is 28.8 Å². The van der Waals surface area contributed by atoms with Crippen LogP contribution in [0.4, 0.5) is 22.2 Å². The average molecular weight is 1500 g/mol. The zero-order valence-electron chi connectivity index (χ0n) is 62.6. The van der Waals surface area contributed by atoms with Crippen LogP contribution in [-0.4, -0.2) is 157 Å². The Morgan fingerprint density at radius 1 is 0.400 bits per heavy atom. The molecule has 0 unspecified atom stereocenters. The number of aromatic nitrogens is 6. The second-order valence-corrected chi connectivity index (χ2v) is 29.9. The fourth-order valence-corrected chi connectivity index (χ4v) is 13.3. The molecular formula is C84H101N15O11+2. The van der Waals surface area contributed by atoms with Gasteiger partial charge in [0.2, 0.25) is 35.0 Å². The van der Waals surface area contributed by atoms with Gasteiger partial charge in [0.25, 0.3) is 17.7 Å². The highest BCUT2D eigenvalue weighted by Gasteiger charge is 2.36. The van der Waals surface area contributed by atoms with Gasteiger partial charge in [0.1, 0.15) is 58.1 Å².